The van der Waals surface area contributed by atoms with Gasteiger partial charge in [0.2, 0.25) is 0 Å². The van der Waals surface area contributed by atoms with Gasteiger partial charge in [-0.15, -0.1) is 0 Å². The highest BCUT2D eigenvalue weighted by molar-refractivity contribution is 6.08. The number of carbonyl (C=O) groups is 1. The SMILES string of the molecule is O=C(c1ccc([N+](=O)[O-])cc1)N1c2ccccc2C=C[C@H]1c1ccccc1. The van der Waals surface area contributed by atoms with Crippen LogP contribution < -0.4 is 4.90 Å². The van der Waals surface area contributed by atoms with Crippen molar-refractivity contribution < 1.29 is 9.72 Å². The fraction of sp³-hybridized carbons (Fsp3) is 0.0455. The van der Waals surface area contributed by atoms with Crippen molar-refractivity contribution in [2.75, 3.05) is 4.90 Å². The Bertz CT molecular complexity index is 1030. The summed E-state index contributed by atoms with van der Waals surface area (Å²) in [6.07, 6.45) is 4.02. The Labute approximate surface area is 156 Å². The van der Waals surface area contributed by atoms with Crippen molar-refractivity contribution in [2.24, 2.45) is 0 Å². The molecule has 132 valence electrons. The van der Waals surface area contributed by atoms with Gasteiger partial charge >= 0.3 is 0 Å². The van der Waals surface area contributed by atoms with Gasteiger partial charge in [-0.2, -0.15) is 0 Å². The molecule has 1 aliphatic rings. The first-order valence-corrected chi connectivity index (χ1v) is 8.55. The molecule has 0 bridgehead atoms. The Hall–Kier alpha value is -3.73. The maximum atomic E-state index is 13.3. The predicted molar refractivity (Wildman–Crippen MR) is 105 cm³/mol. The van der Waals surface area contributed by atoms with Crippen LogP contribution in [0.1, 0.15) is 27.5 Å². The lowest BCUT2D eigenvalue weighted by atomic mass is 9.96. The number of nitro benzene ring substituents is 1. The predicted octanol–water partition coefficient (Wildman–Crippen LogP) is 5.01. The number of hydrogen-bond acceptors (Lipinski definition) is 3. The van der Waals surface area contributed by atoms with Crippen LogP contribution in [0.2, 0.25) is 0 Å². The van der Waals surface area contributed by atoms with Crippen LogP contribution in [-0.2, 0) is 0 Å². The Balaban J connectivity index is 1.79. The summed E-state index contributed by atoms with van der Waals surface area (Å²) in [5.41, 5.74) is 3.15. The molecule has 1 aliphatic heterocycles. The fourth-order valence-electron chi connectivity index (χ4n) is 3.29. The Morgan fingerprint density at radius 2 is 1.56 bits per heavy atom. The van der Waals surface area contributed by atoms with Crippen molar-refractivity contribution in [1.82, 2.24) is 0 Å². The summed E-state index contributed by atoms with van der Waals surface area (Å²) in [6.45, 7) is 0. The topological polar surface area (TPSA) is 63.4 Å². The van der Waals surface area contributed by atoms with Gasteiger partial charge in [0.15, 0.2) is 0 Å². The van der Waals surface area contributed by atoms with E-state index < -0.39 is 4.92 Å². The molecule has 0 aliphatic carbocycles. The molecule has 0 saturated carbocycles. The van der Waals surface area contributed by atoms with Crippen molar-refractivity contribution >= 4 is 23.4 Å². The van der Waals surface area contributed by atoms with E-state index >= 15 is 0 Å². The smallest absolute Gasteiger partial charge is 0.269 e. The maximum Gasteiger partial charge on any atom is 0.269 e. The summed E-state index contributed by atoms with van der Waals surface area (Å²) >= 11 is 0. The second kappa shape index (κ2) is 6.88. The summed E-state index contributed by atoms with van der Waals surface area (Å²) in [5.74, 6) is -0.199. The molecule has 0 unspecified atom stereocenters. The quantitative estimate of drug-likeness (QED) is 0.489. The molecule has 27 heavy (non-hydrogen) atoms. The van der Waals surface area contributed by atoms with Crippen LogP contribution in [-0.4, -0.2) is 10.8 Å². The van der Waals surface area contributed by atoms with E-state index in [0.717, 1.165) is 16.8 Å². The molecular formula is C22H16N2O3. The van der Waals surface area contributed by atoms with Crippen LogP contribution in [0.15, 0.2) is 84.9 Å². The standard InChI is InChI=1S/C22H16N2O3/c25-22(18-10-13-19(14-11-18)24(26)27)23-20-9-5-4-8-17(20)12-15-21(23)16-6-2-1-3-7-16/h1-15,21H/t21-/m0/s1. The molecule has 5 heteroatoms. The number of hydrogen-bond donors (Lipinski definition) is 0. The third-order valence-corrected chi connectivity index (χ3v) is 4.62. The number of nitrogens with zero attached hydrogens (tertiary/aromatic N) is 2. The molecule has 0 aromatic heterocycles. The van der Waals surface area contributed by atoms with Crippen LogP contribution in [0, 0.1) is 10.1 Å². The van der Waals surface area contributed by atoms with Crippen molar-refractivity contribution in [1.29, 1.82) is 0 Å². The molecule has 3 aromatic carbocycles. The van der Waals surface area contributed by atoms with Gasteiger partial charge in [0.05, 0.1) is 16.7 Å². The fourth-order valence-corrected chi connectivity index (χ4v) is 3.29. The van der Waals surface area contributed by atoms with E-state index in [4.69, 9.17) is 0 Å². The van der Waals surface area contributed by atoms with Crippen LogP contribution in [0.25, 0.3) is 6.08 Å². The number of rotatable bonds is 3. The van der Waals surface area contributed by atoms with Gasteiger partial charge in [-0.05, 0) is 29.3 Å². The van der Waals surface area contributed by atoms with Gasteiger partial charge < -0.3 is 0 Å². The monoisotopic (exact) mass is 356 g/mol. The van der Waals surface area contributed by atoms with Gasteiger partial charge in [-0.1, -0.05) is 60.7 Å². The van der Waals surface area contributed by atoms with E-state index in [9.17, 15) is 14.9 Å². The highest BCUT2D eigenvalue weighted by Gasteiger charge is 2.30. The van der Waals surface area contributed by atoms with Gasteiger partial charge in [0.25, 0.3) is 11.6 Å². The number of carbonyl (C=O) groups excluding carboxylic acids is 1. The summed E-state index contributed by atoms with van der Waals surface area (Å²) < 4.78 is 0. The van der Waals surface area contributed by atoms with Crippen molar-refractivity contribution in [3.8, 4) is 0 Å². The lowest BCUT2D eigenvalue weighted by Crippen LogP contribution is -2.36. The number of fused-ring (bicyclic) bond motifs is 1. The van der Waals surface area contributed by atoms with Gasteiger partial charge in [0.1, 0.15) is 0 Å². The zero-order valence-electron chi connectivity index (χ0n) is 14.4. The van der Waals surface area contributed by atoms with Crippen molar-refractivity contribution in [2.45, 2.75) is 6.04 Å². The average Bonchev–Trinajstić information content (AvgIpc) is 2.73. The first kappa shape index (κ1) is 16.7. The summed E-state index contributed by atoms with van der Waals surface area (Å²) in [4.78, 5) is 25.5. The summed E-state index contributed by atoms with van der Waals surface area (Å²) in [7, 11) is 0. The molecule has 1 amide bonds. The Kier molecular flexibility index (Phi) is 4.26. The molecule has 5 nitrogen and oxygen atoms in total. The molecule has 0 fully saturated rings. The largest absolute Gasteiger partial charge is 0.297 e. The number of non-ortho nitro benzene ring substituents is 1. The molecular weight excluding hydrogens is 340 g/mol. The van der Waals surface area contributed by atoms with Crippen LogP contribution in [0.3, 0.4) is 0 Å². The normalized spacial score (nSPS) is 15.3. The molecule has 0 radical (unpaired) electrons. The molecule has 1 atom stereocenters. The third-order valence-electron chi connectivity index (χ3n) is 4.62. The second-order valence-corrected chi connectivity index (χ2v) is 6.25. The Morgan fingerprint density at radius 3 is 2.26 bits per heavy atom. The summed E-state index contributed by atoms with van der Waals surface area (Å²) in [6, 6.07) is 23.0. The van der Waals surface area contributed by atoms with E-state index in [-0.39, 0.29) is 17.6 Å². The molecule has 0 N–H and O–H groups in total. The number of anilines is 1. The molecule has 3 aromatic rings. The minimum absolute atomic E-state index is 0.0369. The van der Waals surface area contributed by atoms with E-state index in [1.165, 1.54) is 24.3 Å². The van der Waals surface area contributed by atoms with Gasteiger partial charge in [0, 0.05) is 17.7 Å². The molecule has 0 spiro atoms. The lowest BCUT2D eigenvalue weighted by molar-refractivity contribution is -0.384. The summed E-state index contributed by atoms with van der Waals surface area (Å²) in [5, 5.41) is 10.9. The third kappa shape index (κ3) is 3.11. The minimum Gasteiger partial charge on any atom is -0.297 e. The Morgan fingerprint density at radius 1 is 0.889 bits per heavy atom. The number of nitro groups is 1. The first-order valence-electron chi connectivity index (χ1n) is 8.55. The average molecular weight is 356 g/mol. The van der Waals surface area contributed by atoms with Crippen LogP contribution >= 0.6 is 0 Å². The van der Waals surface area contributed by atoms with Crippen LogP contribution in [0.4, 0.5) is 11.4 Å². The first-order chi connectivity index (χ1) is 13.1. The van der Waals surface area contributed by atoms with Gasteiger partial charge in [-0.25, -0.2) is 0 Å². The second-order valence-electron chi connectivity index (χ2n) is 6.25. The van der Waals surface area contributed by atoms with Crippen molar-refractivity contribution in [3.63, 3.8) is 0 Å². The zero-order chi connectivity index (χ0) is 18.8. The zero-order valence-corrected chi connectivity index (χ0v) is 14.4. The van der Waals surface area contributed by atoms with E-state index in [1.54, 1.807) is 4.90 Å². The van der Waals surface area contributed by atoms with E-state index in [0.29, 0.717) is 5.56 Å². The maximum absolute atomic E-state index is 13.3. The number of para-hydroxylation sites is 1. The highest BCUT2D eigenvalue weighted by Crippen LogP contribution is 2.37. The molecule has 4 rings (SSSR count). The minimum atomic E-state index is -0.472. The van der Waals surface area contributed by atoms with E-state index in [2.05, 4.69) is 0 Å². The van der Waals surface area contributed by atoms with E-state index in [1.807, 2.05) is 66.7 Å². The van der Waals surface area contributed by atoms with Gasteiger partial charge in [-0.3, -0.25) is 19.8 Å². The number of amides is 1. The van der Waals surface area contributed by atoms with Crippen LogP contribution in [0.5, 0.6) is 0 Å². The molecule has 1 heterocycles. The molecule has 0 saturated heterocycles. The lowest BCUT2D eigenvalue weighted by Gasteiger charge is -2.34. The number of benzene rings is 3. The highest BCUT2D eigenvalue weighted by atomic mass is 16.6. The van der Waals surface area contributed by atoms with Crippen molar-refractivity contribution in [3.05, 3.63) is 112 Å².